The number of carbonyl (C=O) groups excluding carboxylic acids is 2. The van der Waals surface area contributed by atoms with Crippen molar-refractivity contribution in [1.29, 1.82) is 0 Å². The van der Waals surface area contributed by atoms with Crippen molar-refractivity contribution in [2.45, 2.75) is 20.3 Å². The number of rotatable bonds is 6. The van der Waals surface area contributed by atoms with E-state index in [4.69, 9.17) is 4.74 Å². The van der Waals surface area contributed by atoms with E-state index in [0.717, 1.165) is 11.1 Å². The van der Waals surface area contributed by atoms with E-state index in [1.807, 2.05) is 31.2 Å². The Hall–Kier alpha value is -3.81. The van der Waals surface area contributed by atoms with Crippen LogP contribution in [0.3, 0.4) is 0 Å². The normalized spacial score (nSPS) is 10.3. The SMILES string of the molecule is COc1cccc(C(=O)Nc2nc(C)nc(NC(=O)Cc3ccc(C)cc3)n2)c1. The molecule has 3 rings (SSSR count). The van der Waals surface area contributed by atoms with Crippen molar-refractivity contribution >= 4 is 23.7 Å². The minimum absolute atomic E-state index is 0.0518. The maximum Gasteiger partial charge on any atom is 0.258 e. The highest BCUT2D eigenvalue weighted by Crippen LogP contribution is 2.14. The molecule has 8 nitrogen and oxygen atoms in total. The zero-order valence-electron chi connectivity index (χ0n) is 16.4. The van der Waals surface area contributed by atoms with Crippen molar-refractivity contribution in [3.8, 4) is 5.75 Å². The molecule has 0 saturated heterocycles. The molecule has 1 aromatic heterocycles. The van der Waals surface area contributed by atoms with E-state index in [1.54, 1.807) is 31.2 Å². The predicted molar refractivity (Wildman–Crippen MR) is 109 cm³/mol. The second kappa shape index (κ2) is 8.92. The topological polar surface area (TPSA) is 106 Å². The van der Waals surface area contributed by atoms with Crippen LogP contribution in [0.2, 0.25) is 0 Å². The van der Waals surface area contributed by atoms with Crippen LogP contribution >= 0.6 is 0 Å². The summed E-state index contributed by atoms with van der Waals surface area (Å²) < 4.78 is 5.12. The summed E-state index contributed by atoms with van der Waals surface area (Å²) in [6.45, 7) is 3.64. The Labute approximate surface area is 168 Å². The highest BCUT2D eigenvalue weighted by molar-refractivity contribution is 6.03. The lowest BCUT2D eigenvalue weighted by atomic mass is 10.1. The summed E-state index contributed by atoms with van der Waals surface area (Å²) in [5, 5.41) is 5.26. The van der Waals surface area contributed by atoms with Gasteiger partial charge in [0, 0.05) is 5.56 Å². The number of aromatic nitrogens is 3. The van der Waals surface area contributed by atoms with Crippen molar-refractivity contribution in [3.63, 3.8) is 0 Å². The number of hydrogen-bond donors (Lipinski definition) is 2. The molecule has 2 N–H and O–H groups in total. The molecule has 0 aliphatic heterocycles. The molecular formula is C21H21N5O3. The summed E-state index contributed by atoms with van der Waals surface area (Å²) >= 11 is 0. The Morgan fingerprint density at radius 1 is 0.931 bits per heavy atom. The molecular weight excluding hydrogens is 370 g/mol. The molecule has 0 radical (unpaired) electrons. The van der Waals surface area contributed by atoms with Crippen molar-refractivity contribution in [3.05, 3.63) is 71.0 Å². The van der Waals surface area contributed by atoms with Gasteiger partial charge in [-0.25, -0.2) is 0 Å². The van der Waals surface area contributed by atoms with Crippen LogP contribution in [-0.4, -0.2) is 33.9 Å². The largest absolute Gasteiger partial charge is 0.497 e. The summed E-state index contributed by atoms with van der Waals surface area (Å²) in [7, 11) is 1.53. The number of amides is 2. The molecule has 0 aliphatic carbocycles. The second-order valence-electron chi connectivity index (χ2n) is 6.43. The van der Waals surface area contributed by atoms with Gasteiger partial charge >= 0.3 is 0 Å². The predicted octanol–water partition coefficient (Wildman–Crippen LogP) is 2.93. The van der Waals surface area contributed by atoms with Crippen LogP contribution in [0.4, 0.5) is 11.9 Å². The van der Waals surface area contributed by atoms with Crippen LogP contribution in [0.5, 0.6) is 5.75 Å². The van der Waals surface area contributed by atoms with Gasteiger partial charge in [0.2, 0.25) is 17.8 Å². The van der Waals surface area contributed by atoms with Gasteiger partial charge < -0.3 is 4.74 Å². The van der Waals surface area contributed by atoms with E-state index in [1.165, 1.54) is 7.11 Å². The fourth-order valence-corrected chi connectivity index (χ4v) is 2.59. The Bertz CT molecular complexity index is 1030. The van der Waals surface area contributed by atoms with E-state index in [-0.39, 0.29) is 24.2 Å². The third-order valence-corrected chi connectivity index (χ3v) is 4.04. The summed E-state index contributed by atoms with van der Waals surface area (Å²) in [5.41, 5.74) is 2.40. The second-order valence-corrected chi connectivity index (χ2v) is 6.43. The van der Waals surface area contributed by atoms with Crippen molar-refractivity contribution < 1.29 is 14.3 Å². The minimum atomic E-state index is -0.397. The third kappa shape index (κ3) is 5.58. The molecule has 0 bridgehead atoms. The van der Waals surface area contributed by atoms with Gasteiger partial charge in [-0.2, -0.15) is 15.0 Å². The Morgan fingerprint density at radius 3 is 2.31 bits per heavy atom. The first-order valence-corrected chi connectivity index (χ1v) is 8.96. The van der Waals surface area contributed by atoms with E-state index >= 15 is 0 Å². The number of hydrogen-bond acceptors (Lipinski definition) is 6. The van der Waals surface area contributed by atoms with E-state index in [9.17, 15) is 9.59 Å². The average Bonchev–Trinajstić information content (AvgIpc) is 2.69. The van der Waals surface area contributed by atoms with Crippen LogP contribution in [-0.2, 0) is 11.2 Å². The molecule has 8 heteroatoms. The minimum Gasteiger partial charge on any atom is -0.497 e. The molecule has 2 amide bonds. The first-order valence-electron chi connectivity index (χ1n) is 8.96. The van der Waals surface area contributed by atoms with Crippen molar-refractivity contribution in [1.82, 2.24) is 15.0 Å². The first kappa shape index (κ1) is 19.9. The lowest BCUT2D eigenvalue weighted by Crippen LogP contribution is -2.19. The van der Waals surface area contributed by atoms with Crippen LogP contribution in [0, 0.1) is 13.8 Å². The number of ether oxygens (including phenoxy) is 1. The zero-order chi connectivity index (χ0) is 20.8. The van der Waals surface area contributed by atoms with Gasteiger partial charge in [0.1, 0.15) is 11.6 Å². The van der Waals surface area contributed by atoms with Crippen LogP contribution in [0.15, 0.2) is 48.5 Å². The fourth-order valence-electron chi connectivity index (χ4n) is 2.59. The van der Waals surface area contributed by atoms with Crippen LogP contribution in [0.1, 0.15) is 27.3 Å². The molecule has 0 fully saturated rings. The van der Waals surface area contributed by atoms with Crippen LogP contribution in [0.25, 0.3) is 0 Å². The van der Waals surface area contributed by atoms with Gasteiger partial charge in [0.15, 0.2) is 0 Å². The number of nitrogens with zero attached hydrogens (tertiary/aromatic N) is 3. The molecule has 0 aliphatic rings. The highest BCUT2D eigenvalue weighted by atomic mass is 16.5. The molecule has 3 aromatic rings. The Morgan fingerprint density at radius 2 is 1.62 bits per heavy atom. The molecule has 29 heavy (non-hydrogen) atoms. The number of anilines is 2. The number of carbonyl (C=O) groups is 2. The van der Waals surface area contributed by atoms with E-state index in [0.29, 0.717) is 17.1 Å². The van der Waals surface area contributed by atoms with Gasteiger partial charge in [-0.05, 0) is 37.6 Å². The summed E-state index contributed by atoms with van der Waals surface area (Å²) in [4.78, 5) is 37.1. The monoisotopic (exact) mass is 391 g/mol. The summed E-state index contributed by atoms with van der Waals surface area (Å²) in [5.74, 6) is 0.405. The average molecular weight is 391 g/mol. The van der Waals surface area contributed by atoms with Gasteiger partial charge in [0.25, 0.3) is 5.91 Å². The van der Waals surface area contributed by atoms with Gasteiger partial charge in [0.05, 0.1) is 13.5 Å². The van der Waals surface area contributed by atoms with E-state index < -0.39 is 5.91 Å². The standard InChI is InChI=1S/C21H21N5O3/c1-13-7-9-15(10-8-13)11-18(27)24-20-22-14(2)23-21(26-20)25-19(28)16-5-4-6-17(12-16)29-3/h4-10,12H,11H2,1-3H3,(H2,22,23,24,25,26,27,28). The summed E-state index contributed by atoms with van der Waals surface area (Å²) in [6, 6.07) is 14.4. The summed E-state index contributed by atoms with van der Waals surface area (Å²) in [6.07, 6.45) is 0.191. The maximum atomic E-state index is 12.4. The van der Waals surface area contributed by atoms with Gasteiger partial charge in [-0.3, -0.25) is 20.2 Å². The van der Waals surface area contributed by atoms with Gasteiger partial charge in [-0.15, -0.1) is 0 Å². The van der Waals surface area contributed by atoms with Crippen molar-refractivity contribution in [2.24, 2.45) is 0 Å². The Balaban J connectivity index is 1.69. The number of benzene rings is 2. The van der Waals surface area contributed by atoms with E-state index in [2.05, 4.69) is 25.6 Å². The molecule has 0 unspecified atom stereocenters. The maximum absolute atomic E-state index is 12.4. The molecule has 0 saturated carbocycles. The molecule has 0 atom stereocenters. The number of methoxy groups -OCH3 is 1. The molecule has 0 spiro atoms. The molecule has 2 aromatic carbocycles. The number of nitrogens with one attached hydrogen (secondary N) is 2. The molecule has 148 valence electrons. The Kier molecular flexibility index (Phi) is 6.13. The lowest BCUT2D eigenvalue weighted by molar-refractivity contribution is -0.115. The highest BCUT2D eigenvalue weighted by Gasteiger charge is 2.13. The first-order chi connectivity index (χ1) is 13.9. The number of aryl methyl sites for hydroxylation is 2. The van der Waals surface area contributed by atoms with Gasteiger partial charge in [-0.1, -0.05) is 35.9 Å². The van der Waals surface area contributed by atoms with Crippen LogP contribution < -0.4 is 15.4 Å². The zero-order valence-corrected chi connectivity index (χ0v) is 16.4. The third-order valence-electron chi connectivity index (χ3n) is 4.04. The fraction of sp³-hybridized carbons (Fsp3) is 0.190. The molecule has 1 heterocycles. The van der Waals surface area contributed by atoms with Crippen molar-refractivity contribution in [2.75, 3.05) is 17.7 Å². The smallest absolute Gasteiger partial charge is 0.258 e. The quantitative estimate of drug-likeness (QED) is 0.669. The lowest BCUT2D eigenvalue weighted by Gasteiger charge is -2.08.